The standard InChI is InChI=1S/C16H21BrN4/c1-10-8-21(9-11(2)20(10)3)16-13-6-12(17)4-5-15(13)19-7-14(16)18/h4-7,10-11H,8-9,18H2,1-3H3. The summed E-state index contributed by atoms with van der Waals surface area (Å²) in [5, 5.41) is 1.12. The molecule has 0 spiro atoms. The zero-order valence-electron chi connectivity index (χ0n) is 12.7. The monoisotopic (exact) mass is 348 g/mol. The van der Waals surface area contributed by atoms with Gasteiger partial charge in [-0.3, -0.25) is 9.88 Å². The number of aromatic nitrogens is 1. The van der Waals surface area contributed by atoms with E-state index in [1.165, 1.54) is 0 Å². The molecule has 1 saturated heterocycles. The number of halogens is 1. The predicted molar refractivity (Wildman–Crippen MR) is 92.8 cm³/mol. The van der Waals surface area contributed by atoms with Crippen LogP contribution in [0.5, 0.6) is 0 Å². The minimum absolute atomic E-state index is 0.503. The molecule has 0 aliphatic carbocycles. The summed E-state index contributed by atoms with van der Waals surface area (Å²) < 4.78 is 1.05. The van der Waals surface area contributed by atoms with Crippen molar-refractivity contribution in [3.63, 3.8) is 0 Å². The topological polar surface area (TPSA) is 45.4 Å². The number of nitrogens with two attached hydrogens (primary N) is 1. The third-order valence-electron chi connectivity index (χ3n) is 4.51. The van der Waals surface area contributed by atoms with E-state index in [0.717, 1.165) is 39.8 Å². The molecular weight excluding hydrogens is 328 g/mol. The molecule has 0 amide bonds. The first kappa shape index (κ1) is 14.6. The van der Waals surface area contributed by atoms with Crippen molar-refractivity contribution >= 4 is 38.2 Å². The molecule has 2 unspecified atom stereocenters. The van der Waals surface area contributed by atoms with Crippen molar-refractivity contribution in [2.75, 3.05) is 30.8 Å². The van der Waals surface area contributed by atoms with E-state index >= 15 is 0 Å². The summed E-state index contributed by atoms with van der Waals surface area (Å²) in [4.78, 5) is 9.27. The second-order valence-corrected chi connectivity index (χ2v) is 6.91. The SMILES string of the molecule is CC1CN(c2c(N)cnc3ccc(Br)cc23)CC(C)N1C. The van der Waals surface area contributed by atoms with E-state index in [9.17, 15) is 0 Å². The van der Waals surface area contributed by atoms with Crippen LogP contribution < -0.4 is 10.6 Å². The number of anilines is 2. The molecule has 1 aromatic heterocycles. The Morgan fingerprint density at radius 1 is 1.24 bits per heavy atom. The van der Waals surface area contributed by atoms with Gasteiger partial charge in [0.25, 0.3) is 0 Å². The predicted octanol–water partition coefficient (Wildman–Crippen LogP) is 3.11. The molecule has 0 saturated carbocycles. The molecule has 0 bridgehead atoms. The lowest BCUT2D eigenvalue weighted by atomic mass is 10.1. The first-order valence-electron chi connectivity index (χ1n) is 7.28. The fraction of sp³-hybridized carbons (Fsp3) is 0.438. The van der Waals surface area contributed by atoms with Gasteiger partial charge in [-0.15, -0.1) is 0 Å². The number of piperazine rings is 1. The van der Waals surface area contributed by atoms with Crippen LogP contribution in [0, 0.1) is 0 Å². The van der Waals surface area contributed by atoms with E-state index in [1.807, 2.05) is 12.1 Å². The van der Waals surface area contributed by atoms with Gasteiger partial charge in [0.1, 0.15) is 0 Å². The van der Waals surface area contributed by atoms with Crippen molar-refractivity contribution in [1.29, 1.82) is 0 Å². The van der Waals surface area contributed by atoms with E-state index in [0.29, 0.717) is 12.1 Å². The molecule has 2 aromatic rings. The molecule has 1 fully saturated rings. The number of pyridine rings is 1. The summed E-state index contributed by atoms with van der Waals surface area (Å²) in [6.45, 7) is 6.49. The lowest BCUT2D eigenvalue weighted by molar-refractivity contribution is 0.170. The number of likely N-dealkylation sites (N-methyl/N-ethyl adjacent to an activating group) is 1. The fourth-order valence-corrected chi connectivity index (χ4v) is 3.47. The molecular formula is C16H21BrN4. The van der Waals surface area contributed by atoms with Gasteiger partial charge >= 0.3 is 0 Å². The summed E-state index contributed by atoms with van der Waals surface area (Å²) in [6.07, 6.45) is 1.78. The number of nitrogens with zero attached hydrogens (tertiary/aromatic N) is 3. The van der Waals surface area contributed by atoms with Crippen molar-refractivity contribution < 1.29 is 0 Å². The van der Waals surface area contributed by atoms with Crippen molar-refractivity contribution in [2.45, 2.75) is 25.9 Å². The molecule has 1 aliphatic rings. The van der Waals surface area contributed by atoms with E-state index < -0.39 is 0 Å². The summed E-state index contributed by atoms with van der Waals surface area (Å²) in [5.74, 6) is 0. The van der Waals surface area contributed by atoms with Crippen LogP contribution in [0.3, 0.4) is 0 Å². The average Bonchev–Trinajstić information content (AvgIpc) is 2.44. The van der Waals surface area contributed by atoms with Gasteiger partial charge in [-0.1, -0.05) is 15.9 Å². The van der Waals surface area contributed by atoms with Gasteiger partial charge in [0.15, 0.2) is 0 Å². The molecule has 112 valence electrons. The van der Waals surface area contributed by atoms with Crippen LogP contribution in [-0.2, 0) is 0 Å². The number of hydrogen-bond acceptors (Lipinski definition) is 4. The Hall–Kier alpha value is -1.33. The van der Waals surface area contributed by atoms with Crippen molar-refractivity contribution in [2.24, 2.45) is 0 Å². The van der Waals surface area contributed by atoms with Crippen LogP contribution in [-0.4, -0.2) is 42.1 Å². The van der Waals surface area contributed by atoms with Crippen LogP contribution in [0.25, 0.3) is 10.9 Å². The highest BCUT2D eigenvalue weighted by molar-refractivity contribution is 9.10. The summed E-state index contributed by atoms with van der Waals surface area (Å²) in [6, 6.07) is 7.17. The summed E-state index contributed by atoms with van der Waals surface area (Å²) >= 11 is 3.55. The molecule has 2 heterocycles. The lowest BCUT2D eigenvalue weighted by Gasteiger charge is -2.44. The molecule has 1 aliphatic heterocycles. The zero-order valence-corrected chi connectivity index (χ0v) is 14.3. The Bertz CT molecular complexity index is 655. The van der Waals surface area contributed by atoms with Gasteiger partial charge in [0.2, 0.25) is 0 Å². The van der Waals surface area contributed by atoms with E-state index in [2.05, 4.69) is 57.7 Å². The molecule has 21 heavy (non-hydrogen) atoms. The van der Waals surface area contributed by atoms with Crippen molar-refractivity contribution in [1.82, 2.24) is 9.88 Å². The van der Waals surface area contributed by atoms with Crippen LogP contribution in [0.4, 0.5) is 11.4 Å². The Labute approximate surface area is 134 Å². The Morgan fingerprint density at radius 3 is 2.57 bits per heavy atom. The van der Waals surface area contributed by atoms with E-state index in [1.54, 1.807) is 6.20 Å². The largest absolute Gasteiger partial charge is 0.396 e. The average molecular weight is 349 g/mol. The van der Waals surface area contributed by atoms with Gasteiger partial charge in [-0.25, -0.2) is 0 Å². The highest BCUT2D eigenvalue weighted by Crippen LogP contribution is 2.35. The first-order valence-corrected chi connectivity index (χ1v) is 8.07. The van der Waals surface area contributed by atoms with Crippen molar-refractivity contribution in [3.8, 4) is 0 Å². The van der Waals surface area contributed by atoms with Gasteiger partial charge in [0.05, 0.1) is 23.1 Å². The minimum atomic E-state index is 0.503. The molecule has 3 rings (SSSR count). The highest BCUT2D eigenvalue weighted by Gasteiger charge is 2.28. The van der Waals surface area contributed by atoms with Gasteiger partial charge in [0, 0.05) is 35.0 Å². The maximum absolute atomic E-state index is 6.26. The normalized spacial score (nSPS) is 23.7. The quantitative estimate of drug-likeness (QED) is 0.859. The van der Waals surface area contributed by atoms with Gasteiger partial charge < -0.3 is 10.6 Å². The Balaban J connectivity index is 2.11. The summed E-state index contributed by atoms with van der Waals surface area (Å²) in [7, 11) is 2.19. The maximum Gasteiger partial charge on any atom is 0.0745 e. The Kier molecular flexibility index (Phi) is 3.80. The van der Waals surface area contributed by atoms with E-state index in [4.69, 9.17) is 5.73 Å². The second-order valence-electron chi connectivity index (χ2n) is 5.99. The summed E-state index contributed by atoms with van der Waals surface area (Å²) in [5.41, 5.74) is 9.12. The Morgan fingerprint density at radius 2 is 1.90 bits per heavy atom. The zero-order chi connectivity index (χ0) is 15.1. The number of fused-ring (bicyclic) bond motifs is 1. The van der Waals surface area contributed by atoms with E-state index in [-0.39, 0.29) is 0 Å². The van der Waals surface area contributed by atoms with Crippen LogP contribution in [0.2, 0.25) is 0 Å². The van der Waals surface area contributed by atoms with Crippen molar-refractivity contribution in [3.05, 3.63) is 28.9 Å². The molecule has 1 aromatic carbocycles. The fourth-order valence-electron chi connectivity index (χ4n) is 3.11. The molecule has 5 heteroatoms. The lowest BCUT2D eigenvalue weighted by Crippen LogP contribution is -2.55. The second kappa shape index (κ2) is 5.46. The number of rotatable bonds is 1. The molecule has 4 nitrogen and oxygen atoms in total. The number of hydrogen-bond donors (Lipinski definition) is 1. The van der Waals surface area contributed by atoms with Gasteiger partial charge in [-0.2, -0.15) is 0 Å². The number of benzene rings is 1. The van der Waals surface area contributed by atoms with Crippen LogP contribution >= 0.6 is 15.9 Å². The third-order valence-corrected chi connectivity index (χ3v) is 5.00. The first-order chi connectivity index (χ1) is 9.97. The highest BCUT2D eigenvalue weighted by atomic mass is 79.9. The molecule has 2 atom stereocenters. The molecule has 0 radical (unpaired) electrons. The molecule has 2 N–H and O–H groups in total. The number of nitrogen functional groups attached to an aromatic ring is 1. The minimum Gasteiger partial charge on any atom is -0.396 e. The van der Waals surface area contributed by atoms with Gasteiger partial charge in [-0.05, 0) is 39.1 Å². The maximum atomic E-state index is 6.26. The smallest absolute Gasteiger partial charge is 0.0745 e. The van der Waals surface area contributed by atoms with Crippen LogP contribution in [0.15, 0.2) is 28.9 Å². The van der Waals surface area contributed by atoms with Crippen LogP contribution in [0.1, 0.15) is 13.8 Å². The third kappa shape index (κ3) is 2.60.